The molecule has 0 radical (unpaired) electrons. The van der Waals surface area contributed by atoms with E-state index in [4.69, 9.17) is 0 Å². The van der Waals surface area contributed by atoms with Crippen LogP contribution < -0.4 is 5.32 Å². The van der Waals surface area contributed by atoms with Crippen molar-refractivity contribution >= 4 is 28.2 Å². The van der Waals surface area contributed by atoms with E-state index < -0.39 is 5.60 Å². The third kappa shape index (κ3) is 3.40. The summed E-state index contributed by atoms with van der Waals surface area (Å²) < 4.78 is 0. The summed E-state index contributed by atoms with van der Waals surface area (Å²) in [7, 11) is 0. The van der Waals surface area contributed by atoms with E-state index in [1.54, 1.807) is 11.8 Å². The highest BCUT2D eigenvalue weighted by Crippen LogP contribution is 2.20. The Kier molecular flexibility index (Phi) is 4.15. The van der Waals surface area contributed by atoms with E-state index in [0.29, 0.717) is 6.54 Å². The molecule has 1 unspecified atom stereocenters. The number of benzene rings is 2. The van der Waals surface area contributed by atoms with Gasteiger partial charge in [-0.25, -0.2) is 0 Å². The van der Waals surface area contributed by atoms with Crippen molar-refractivity contribution in [3.05, 3.63) is 42.5 Å². The minimum absolute atomic E-state index is 0.562. The summed E-state index contributed by atoms with van der Waals surface area (Å²) in [6, 6.07) is 14.5. The number of nitrogens with one attached hydrogen (secondary N) is 1. The molecule has 0 spiro atoms. The lowest BCUT2D eigenvalue weighted by Crippen LogP contribution is -2.36. The maximum absolute atomic E-state index is 10.1. The van der Waals surface area contributed by atoms with E-state index >= 15 is 0 Å². The lowest BCUT2D eigenvalue weighted by atomic mass is 10.1. The van der Waals surface area contributed by atoms with Gasteiger partial charge in [0, 0.05) is 18.0 Å². The van der Waals surface area contributed by atoms with Gasteiger partial charge in [0.05, 0.1) is 5.60 Å². The monoisotopic (exact) mass is 261 g/mol. The highest BCUT2D eigenvalue weighted by molar-refractivity contribution is 7.98. The molecule has 0 aliphatic carbocycles. The topological polar surface area (TPSA) is 32.3 Å². The quantitative estimate of drug-likeness (QED) is 0.865. The van der Waals surface area contributed by atoms with Gasteiger partial charge in [-0.15, -0.1) is 0 Å². The van der Waals surface area contributed by atoms with Gasteiger partial charge >= 0.3 is 0 Å². The molecule has 2 rings (SSSR count). The van der Waals surface area contributed by atoms with Crippen molar-refractivity contribution < 1.29 is 5.11 Å². The number of thioether (sulfide) groups is 1. The Labute approximate surface area is 112 Å². The maximum atomic E-state index is 10.1. The van der Waals surface area contributed by atoms with Crippen LogP contribution in [0.3, 0.4) is 0 Å². The van der Waals surface area contributed by atoms with Crippen LogP contribution in [0.25, 0.3) is 10.8 Å². The van der Waals surface area contributed by atoms with Crippen LogP contribution in [0.2, 0.25) is 0 Å². The van der Waals surface area contributed by atoms with Crippen molar-refractivity contribution in [2.45, 2.75) is 12.5 Å². The molecule has 2 N–H and O–H groups in total. The van der Waals surface area contributed by atoms with E-state index in [1.165, 1.54) is 10.8 Å². The summed E-state index contributed by atoms with van der Waals surface area (Å²) in [5, 5.41) is 15.9. The van der Waals surface area contributed by atoms with Gasteiger partial charge in [0.25, 0.3) is 0 Å². The molecule has 0 saturated heterocycles. The molecule has 2 aromatic rings. The number of hydrogen-bond donors (Lipinski definition) is 2. The van der Waals surface area contributed by atoms with Crippen LogP contribution in [0.1, 0.15) is 6.92 Å². The lowest BCUT2D eigenvalue weighted by molar-refractivity contribution is 0.0997. The number of hydrogen-bond acceptors (Lipinski definition) is 3. The summed E-state index contributed by atoms with van der Waals surface area (Å²) in [5.74, 6) is 0.730. The van der Waals surface area contributed by atoms with Gasteiger partial charge in [-0.3, -0.25) is 0 Å². The first kappa shape index (κ1) is 13.2. The Bertz CT molecular complexity index is 525. The van der Waals surface area contributed by atoms with Crippen LogP contribution in [0, 0.1) is 0 Å². The molecule has 0 aliphatic heterocycles. The van der Waals surface area contributed by atoms with E-state index in [-0.39, 0.29) is 0 Å². The molecule has 0 aromatic heterocycles. The normalized spacial score (nSPS) is 14.4. The predicted molar refractivity (Wildman–Crippen MR) is 81.4 cm³/mol. The Morgan fingerprint density at radius 3 is 2.61 bits per heavy atom. The number of fused-ring (bicyclic) bond motifs is 1. The molecular formula is C15H19NOS. The van der Waals surface area contributed by atoms with Gasteiger partial charge in [-0.1, -0.05) is 30.3 Å². The molecule has 3 heteroatoms. The molecule has 2 nitrogen and oxygen atoms in total. The van der Waals surface area contributed by atoms with Crippen molar-refractivity contribution in [3.63, 3.8) is 0 Å². The van der Waals surface area contributed by atoms with Gasteiger partial charge in [-0.05, 0) is 36.1 Å². The molecule has 0 fully saturated rings. The second kappa shape index (κ2) is 5.63. The Hall–Kier alpha value is -1.19. The predicted octanol–water partition coefficient (Wildman–Crippen LogP) is 3.37. The van der Waals surface area contributed by atoms with Crippen molar-refractivity contribution in [1.82, 2.24) is 0 Å². The van der Waals surface area contributed by atoms with Gasteiger partial charge in [0.2, 0.25) is 0 Å². The lowest BCUT2D eigenvalue weighted by Gasteiger charge is -2.23. The zero-order valence-corrected chi connectivity index (χ0v) is 11.6. The zero-order chi connectivity index (χ0) is 13.0. The Morgan fingerprint density at radius 2 is 1.89 bits per heavy atom. The zero-order valence-electron chi connectivity index (χ0n) is 10.8. The Morgan fingerprint density at radius 1 is 1.17 bits per heavy atom. The minimum atomic E-state index is -0.676. The molecule has 0 saturated carbocycles. The van der Waals surface area contributed by atoms with Crippen molar-refractivity contribution in [2.75, 3.05) is 23.9 Å². The Balaban J connectivity index is 2.08. The average molecular weight is 261 g/mol. The smallest absolute Gasteiger partial charge is 0.0880 e. The van der Waals surface area contributed by atoms with Crippen molar-refractivity contribution in [2.24, 2.45) is 0 Å². The van der Waals surface area contributed by atoms with Gasteiger partial charge in [0.1, 0.15) is 0 Å². The van der Waals surface area contributed by atoms with Crippen LogP contribution >= 0.6 is 11.8 Å². The molecular weight excluding hydrogens is 242 g/mol. The second-order valence-electron chi connectivity index (χ2n) is 4.85. The number of aliphatic hydroxyl groups is 1. The molecule has 0 bridgehead atoms. The fourth-order valence-corrected chi connectivity index (χ4v) is 2.68. The van der Waals surface area contributed by atoms with E-state index in [2.05, 4.69) is 35.6 Å². The summed E-state index contributed by atoms with van der Waals surface area (Å²) in [4.78, 5) is 0. The molecule has 0 amide bonds. The first-order chi connectivity index (χ1) is 8.61. The van der Waals surface area contributed by atoms with Crippen LogP contribution in [0.5, 0.6) is 0 Å². The maximum Gasteiger partial charge on any atom is 0.0880 e. The molecule has 96 valence electrons. The van der Waals surface area contributed by atoms with Gasteiger partial charge < -0.3 is 10.4 Å². The molecule has 0 aliphatic rings. The van der Waals surface area contributed by atoms with E-state index in [1.807, 2.05) is 25.3 Å². The summed E-state index contributed by atoms with van der Waals surface area (Å²) in [6.07, 6.45) is 2.00. The third-order valence-electron chi connectivity index (χ3n) is 2.88. The third-order valence-corrected chi connectivity index (χ3v) is 3.79. The van der Waals surface area contributed by atoms with Crippen LogP contribution in [0.15, 0.2) is 42.5 Å². The highest BCUT2D eigenvalue weighted by Gasteiger charge is 2.18. The first-order valence-electron chi connectivity index (χ1n) is 6.05. The van der Waals surface area contributed by atoms with Crippen LogP contribution in [-0.4, -0.2) is 29.3 Å². The number of anilines is 1. The largest absolute Gasteiger partial charge is 0.387 e. The van der Waals surface area contributed by atoms with E-state index in [0.717, 1.165) is 11.4 Å². The fourth-order valence-electron chi connectivity index (χ4n) is 1.95. The highest BCUT2D eigenvalue weighted by atomic mass is 32.2. The molecule has 18 heavy (non-hydrogen) atoms. The summed E-state index contributed by atoms with van der Waals surface area (Å²) >= 11 is 1.66. The number of rotatable bonds is 5. The second-order valence-corrected chi connectivity index (χ2v) is 5.71. The molecule has 2 aromatic carbocycles. The van der Waals surface area contributed by atoms with Crippen molar-refractivity contribution in [1.29, 1.82) is 0 Å². The van der Waals surface area contributed by atoms with Crippen LogP contribution in [-0.2, 0) is 0 Å². The SMILES string of the molecule is CSCC(C)(O)CNc1ccc2ccccc2c1. The van der Waals surface area contributed by atoms with Crippen molar-refractivity contribution in [3.8, 4) is 0 Å². The standard InChI is InChI=1S/C15H19NOS/c1-15(17,11-18-2)10-16-14-8-7-12-5-3-4-6-13(12)9-14/h3-9,16-17H,10-11H2,1-2H3. The first-order valence-corrected chi connectivity index (χ1v) is 7.44. The van der Waals surface area contributed by atoms with Crippen LogP contribution in [0.4, 0.5) is 5.69 Å². The summed E-state index contributed by atoms with van der Waals surface area (Å²) in [5.41, 5.74) is 0.375. The van der Waals surface area contributed by atoms with Gasteiger partial charge in [-0.2, -0.15) is 11.8 Å². The van der Waals surface area contributed by atoms with E-state index in [9.17, 15) is 5.11 Å². The molecule has 1 atom stereocenters. The minimum Gasteiger partial charge on any atom is -0.387 e. The average Bonchev–Trinajstić information content (AvgIpc) is 2.36. The summed E-state index contributed by atoms with van der Waals surface area (Å²) in [6.45, 7) is 2.42. The fraction of sp³-hybridized carbons (Fsp3) is 0.333. The molecule has 0 heterocycles. The van der Waals surface area contributed by atoms with Gasteiger partial charge in [0.15, 0.2) is 0 Å².